The van der Waals surface area contributed by atoms with Gasteiger partial charge in [0.25, 0.3) is 0 Å². The highest BCUT2D eigenvalue weighted by molar-refractivity contribution is 9.10. The molecule has 0 atom stereocenters. The fraction of sp³-hybridized carbons (Fsp3) is 0.0588. The second-order valence-corrected chi connectivity index (χ2v) is 6.85. The average Bonchev–Trinajstić information content (AvgIpc) is 2.91. The molecule has 0 bridgehead atoms. The van der Waals surface area contributed by atoms with Crippen LogP contribution in [0.25, 0.3) is 10.4 Å². The molecule has 0 radical (unpaired) electrons. The van der Waals surface area contributed by atoms with Crippen molar-refractivity contribution in [1.29, 1.82) is 0 Å². The molecular weight excluding hydrogens is 374 g/mol. The first-order valence-corrected chi connectivity index (χ1v) is 8.57. The van der Waals surface area contributed by atoms with Gasteiger partial charge in [0, 0.05) is 21.7 Å². The summed E-state index contributed by atoms with van der Waals surface area (Å²) in [5.74, 6) is -0.0910. The lowest BCUT2D eigenvalue weighted by atomic mass is 10.1. The number of amides is 1. The van der Waals surface area contributed by atoms with Gasteiger partial charge in [-0.3, -0.25) is 9.78 Å². The lowest BCUT2D eigenvalue weighted by molar-refractivity contribution is -0.115. The van der Waals surface area contributed by atoms with E-state index in [0.717, 1.165) is 20.5 Å². The molecule has 0 saturated carbocycles. The van der Waals surface area contributed by atoms with Gasteiger partial charge < -0.3 is 11.1 Å². The third-order valence-electron chi connectivity index (χ3n) is 3.29. The van der Waals surface area contributed by atoms with Gasteiger partial charge in [-0.25, -0.2) is 0 Å². The smallest absolute Gasteiger partial charge is 0.229 e. The molecule has 3 aromatic rings. The zero-order chi connectivity index (χ0) is 16.2. The largest absolute Gasteiger partial charge is 0.396 e. The first-order valence-electron chi connectivity index (χ1n) is 6.96. The summed E-state index contributed by atoms with van der Waals surface area (Å²) in [6.45, 7) is 0. The molecule has 0 saturated heterocycles. The minimum Gasteiger partial charge on any atom is -0.396 e. The topological polar surface area (TPSA) is 68.0 Å². The molecule has 0 unspecified atom stereocenters. The van der Waals surface area contributed by atoms with E-state index in [-0.39, 0.29) is 5.91 Å². The summed E-state index contributed by atoms with van der Waals surface area (Å²) in [5.41, 5.74) is 8.56. The average molecular weight is 388 g/mol. The molecule has 0 aliphatic rings. The highest BCUT2D eigenvalue weighted by Crippen LogP contribution is 2.37. The number of aromatic nitrogens is 1. The molecule has 3 rings (SSSR count). The van der Waals surface area contributed by atoms with E-state index in [1.165, 1.54) is 11.3 Å². The molecule has 116 valence electrons. The van der Waals surface area contributed by atoms with Crippen molar-refractivity contribution in [3.63, 3.8) is 0 Å². The minimum atomic E-state index is -0.0910. The van der Waals surface area contributed by atoms with Crippen molar-refractivity contribution >= 4 is 43.9 Å². The van der Waals surface area contributed by atoms with Crippen LogP contribution in [0.15, 0.2) is 59.3 Å². The molecule has 3 N–H and O–H groups in total. The number of rotatable bonds is 4. The van der Waals surface area contributed by atoms with E-state index >= 15 is 0 Å². The normalized spacial score (nSPS) is 10.5. The maximum Gasteiger partial charge on any atom is 0.229 e. The van der Waals surface area contributed by atoms with Crippen molar-refractivity contribution in [1.82, 2.24) is 4.98 Å². The Labute approximate surface area is 146 Å². The highest BCUT2D eigenvalue weighted by atomic mass is 79.9. The van der Waals surface area contributed by atoms with Crippen LogP contribution in [0.2, 0.25) is 0 Å². The lowest BCUT2D eigenvalue weighted by Gasteiger charge is -2.05. The van der Waals surface area contributed by atoms with Crippen LogP contribution in [0, 0.1) is 0 Å². The molecule has 2 aromatic heterocycles. The number of carbonyl (C=O) groups is 1. The van der Waals surface area contributed by atoms with Gasteiger partial charge in [0.15, 0.2) is 0 Å². The summed E-state index contributed by atoms with van der Waals surface area (Å²) in [4.78, 5) is 17.2. The molecule has 0 aliphatic carbocycles. The predicted octanol–water partition coefficient (Wildman–Crippen LogP) is 4.34. The van der Waals surface area contributed by atoms with Gasteiger partial charge in [0.05, 0.1) is 12.1 Å². The summed E-state index contributed by atoms with van der Waals surface area (Å²) in [5, 5.41) is 3.57. The van der Waals surface area contributed by atoms with E-state index in [4.69, 9.17) is 5.73 Å². The summed E-state index contributed by atoms with van der Waals surface area (Å²) < 4.78 is 0.923. The number of halogens is 1. The van der Waals surface area contributed by atoms with Crippen LogP contribution >= 0.6 is 27.3 Å². The molecule has 4 nitrogen and oxygen atoms in total. The maximum atomic E-state index is 12.2. The van der Waals surface area contributed by atoms with Crippen molar-refractivity contribution in [3.05, 3.63) is 64.9 Å². The van der Waals surface area contributed by atoms with Gasteiger partial charge in [-0.1, -0.05) is 34.1 Å². The van der Waals surface area contributed by atoms with Crippen LogP contribution in [0.1, 0.15) is 5.56 Å². The Balaban J connectivity index is 1.74. The number of nitrogens with one attached hydrogen (secondary N) is 1. The van der Waals surface area contributed by atoms with E-state index in [0.29, 0.717) is 17.1 Å². The van der Waals surface area contributed by atoms with Gasteiger partial charge in [-0.15, -0.1) is 11.3 Å². The molecular formula is C17H14BrN3OS. The Morgan fingerprint density at radius 2 is 1.96 bits per heavy atom. The predicted molar refractivity (Wildman–Crippen MR) is 98.4 cm³/mol. The van der Waals surface area contributed by atoms with Crippen LogP contribution < -0.4 is 11.1 Å². The number of pyridine rings is 1. The number of thiophene rings is 1. The van der Waals surface area contributed by atoms with Crippen LogP contribution in [0.5, 0.6) is 0 Å². The second kappa shape index (κ2) is 6.93. The molecule has 1 amide bonds. The molecule has 0 spiro atoms. The fourth-order valence-electron chi connectivity index (χ4n) is 2.15. The highest BCUT2D eigenvalue weighted by Gasteiger charge is 2.12. The van der Waals surface area contributed by atoms with Gasteiger partial charge in [-0.05, 0) is 35.4 Å². The van der Waals surface area contributed by atoms with E-state index in [1.807, 2.05) is 42.5 Å². The maximum absolute atomic E-state index is 12.2. The number of carbonyl (C=O) groups excluding carboxylic acids is 1. The first kappa shape index (κ1) is 15.7. The minimum absolute atomic E-state index is 0.0910. The number of nitrogen functional groups attached to an aromatic ring is 1. The SMILES string of the molecule is Nc1cc(-c2ccncc2)sc1NC(=O)Cc1ccccc1Br. The van der Waals surface area contributed by atoms with Crippen LogP contribution in [-0.4, -0.2) is 10.9 Å². The third-order valence-corrected chi connectivity index (χ3v) is 5.18. The second-order valence-electron chi connectivity index (χ2n) is 4.95. The Bertz CT molecular complexity index is 833. The van der Waals surface area contributed by atoms with Gasteiger partial charge in [0.1, 0.15) is 5.00 Å². The van der Waals surface area contributed by atoms with Crippen LogP contribution in [-0.2, 0) is 11.2 Å². The monoisotopic (exact) mass is 387 g/mol. The third kappa shape index (κ3) is 3.78. The molecule has 2 heterocycles. The Morgan fingerprint density at radius 1 is 1.22 bits per heavy atom. The van der Waals surface area contributed by atoms with E-state index < -0.39 is 0 Å². The number of anilines is 2. The Morgan fingerprint density at radius 3 is 2.70 bits per heavy atom. The fourth-order valence-corrected chi connectivity index (χ4v) is 3.57. The van der Waals surface area contributed by atoms with E-state index in [2.05, 4.69) is 26.2 Å². The summed E-state index contributed by atoms with van der Waals surface area (Å²) >= 11 is 4.91. The summed E-state index contributed by atoms with van der Waals surface area (Å²) in [6, 6.07) is 13.4. The zero-order valence-electron chi connectivity index (χ0n) is 12.1. The number of nitrogens with two attached hydrogens (primary N) is 1. The van der Waals surface area contributed by atoms with Gasteiger partial charge in [-0.2, -0.15) is 0 Å². The Hall–Kier alpha value is -2.18. The first-order chi connectivity index (χ1) is 11.1. The van der Waals surface area contributed by atoms with Crippen molar-refractivity contribution in [2.24, 2.45) is 0 Å². The van der Waals surface area contributed by atoms with Crippen LogP contribution in [0.3, 0.4) is 0 Å². The lowest BCUT2D eigenvalue weighted by Crippen LogP contribution is -2.14. The van der Waals surface area contributed by atoms with Crippen molar-refractivity contribution in [3.8, 4) is 10.4 Å². The summed E-state index contributed by atoms with van der Waals surface area (Å²) in [7, 11) is 0. The molecule has 1 aromatic carbocycles. The van der Waals surface area contributed by atoms with Gasteiger partial charge in [0.2, 0.25) is 5.91 Å². The molecule has 6 heteroatoms. The van der Waals surface area contributed by atoms with Crippen molar-refractivity contribution in [2.75, 3.05) is 11.1 Å². The number of benzene rings is 1. The Kier molecular flexibility index (Phi) is 4.73. The number of nitrogens with zero attached hydrogens (tertiary/aromatic N) is 1. The number of hydrogen-bond acceptors (Lipinski definition) is 4. The van der Waals surface area contributed by atoms with E-state index in [1.54, 1.807) is 12.4 Å². The molecule has 0 aliphatic heterocycles. The zero-order valence-corrected chi connectivity index (χ0v) is 14.5. The van der Waals surface area contributed by atoms with Crippen molar-refractivity contribution < 1.29 is 4.79 Å². The molecule has 23 heavy (non-hydrogen) atoms. The quantitative estimate of drug-likeness (QED) is 0.699. The van der Waals surface area contributed by atoms with Gasteiger partial charge >= 0.3 is 0 Å². The van der Waals surface area contributed by atoms with E-state index in [9.17, 15) is 4.79 Å². The number of hydrogen-bond donors (Lipinski definition) is 2. The summed E-state index contributed by atoms with van der Waals surface area (Å²) in [6.07, 6.45) is 3.76. The molecule has 0 fully saturated rings. The standard InChI is InChI=1S/C17H14BrN3OS/c18-13-4-2-1-3-12(13)9-16(22)21-17-14(19)10-15(23-17)11-5-7-20-8-6-11/h1-8,10H,9,19H2,(H,21,22). The van der Waals surface area contributed by atoms with Crippen LogP contribution in [0.4, 0.5) is 10.7 Å². The van der Waals surface area contributed by atoms with Crippen molar-refractivity contribution in [2.45, 2.75) is 6.42 Å².